The summed E-state index contributed by atoms with van der Waals surface area (Å²) >= 11 is 0. The molecular weight excluding hydrogens is 512 g/mol. The molecule has 0 aliphatic rings. The largest absolute Gasteiger partial charge is 0.354 e. The first kappa shape index (κ1) is 28.8. The third-order valence-electron chi connectivity index (χ3n) is 5.88. The van der Waals surface area contributed by atoms with Gasteiger partial charge in [-0.25, -0.2) is 17.2 Å². The molecule has 0 aromatic heterocycles. The molecule has 10 heteroatoms. The van der Waals surface area contributed by atoms with Crippen molar-refractivity contribution in [1.29, 1.82) is 0 Å². The van der Waals surface area contributed by atoms with E-state index in [0.717, 1.165) is 28.3 Å². The lowest BCUT2D eigenvalue weighted by Crippen LogP contribution is -2.53. The molecule has 7 nitrogen and oxygen atoms in total. The Hall–Kier alpha value is -3.79. The molecule has 38 heavy (non-hydrogen) atoms. The highest BCUT2D eigenvalue weighted by atomic mass is 32.2. The Bertz CT molecular complexity index is 1320. The number of carbonyl (C=O) groups excluding carboxylic acids is 2. The van der Waals surface area contributed by atoms with Gasteiger partial charge in [0.05, 0.1) is 11.9 Å². The van der Waals surface area contributed by atoms with E-state index < -0.39 is 40.2 Å². The zero-order valence-electron chi connectivity index (χ0n) is 21.3. The predicted octanol–water partition coefficient (Wildman–Crippen LogP) is 3.90. The number of hydrogen-bond donors (Lipinski definition) is 1. The van der Waals surface area contributed by atoms with Crippen LogP contribution in [-0.2, 0) is 32.6 Å². The second-order valence-corrected chi connectivity index (χ2v) is 10.8. The van der Waals surface area contributed by atoms with E-state index in [1.54, 1.807) is 0 Å². The molecule has 0 saturated carbocycles. The summed E-state index contributed by atoms with van der Waals surface area (Å²) in [6, 6.07) is 18.4. The first-order chi connectivity index (χ1) is 18.1. The van der Waals surface area contributed by atoms with Crippen LogP contribution in [-0.4, -0.2) is 50.5 Å². The van der Waals surface area contributed by atoms with Gasteiger partial charge in [0, 0.05) is 19.5 Å². The van der Waals surface area contributed by atoms with E-state index >= 15 is 0 Å². The van der Waals surface area contributed by atoms with Gasteiger partial charge in [0.1, 0.15) is 24.2 Å². The summed E-state index contributed by atoms with van der Waals surface area (Å²) in [5.41, 5.74) is 1.48. The molecule has 0 fully saturated rings. The Balaban J connectivity index is 2.02. The van der Waals surface area contributed by atoms with Crippen molar-refractivity contribution in [3.63, 3.8) is 0 Å². The Kier molecular flexibility index (Phi) is 9.95. The van der Waals surface area contributed by atoms with Crippen LogP contribution in [0.1, 0.15) is 24.5 Å². The van der Waals surface area contributed by atoms with Gasteiger partial charge >= 0.3 is 0 Å². The highest BCUT2D eigenvalue weighted by Crippen LogP contribution is 2.21. The maximum atomic E-state index is 13.8. The molecule has 1 N–H and O–H groups in total. The van der Waals surface area contributed by atoms with Gasteiger partial charge in [-0.05, 0) is 53.9 Å². The number of carbonyl (C=O) groups is 2. The minimum atomic E-state index is -3.94. The summed E-state index contributed by atoms with van der Waals surface area (Å²) in [4.78, 5) is 28.5. The fraction of sp³-hybridized carbons (Fsp3) is 0.286. The quantitative estimate of drug-likeness (QED) is 0.376. The minimum Gasteiger partial charge on any atom is -0.354 e. The molecule has 0 unspecified atom stereocenters. The van der Waals surface area contributed by atoms with E-state index in [-0.39, 0.29) is 24.6 Å². The van der Waals surface area contributed by atoms with E-state index in [2.05, 4.69) is 5.32 Å². The van der Waals surface area contributed by atoms with Crippen molar-refractivity contribution in [3.8, 4) is 0 Å². The van der Waals surface area contributed by atoms with E-state index in [1.165, 1.54) is 41.3 Å². The summed E-state index contributed by atoms with van der Waals surface area (Å²) in [6.45, 7) is 1.63. The van der Waals surface area contributed by atoms with E-state index in [9.17, 15) is 26.8 Å². The van der Waals surface area contributed by atoms with Crippen LogP contribution >= 0.6 is 0 Å². The van der Waals surface area contributed by atoms with Crippen LogP contribution in [0.3, 0.4) is 0 Å². The van der Waals surface area contributed by atoms with Crippen LogP contribution in [0.25, 0.3) is 0 Å². The van der Waals surface area contributed by atoms with Gasteiger partial charge in [0.25, 0.3) is 0 Å². The van der Waals surface area contributed by atoms with Crippen LogP contribution in [0.2, 0.25) is 0 Å². The molecule has 3 aromatic carbocycles. The first-order valence-corrected chi connectivity index (χ1v) is 14.0. The average Bonchev–Trinajstić information content (AvgIpc) is 2.89. The molecule has 3 aromatic rings. The van der Waals surface area contributed by atoms with E-state index in [1.807, 2.05) is 37.3 Å². The summed E-state index contributed by atoms with van der Waals surface area (Å²) in [5, 5.41) is 2.84. The molecule has 0 aliphatic heterocycles. The molecule has 0 heterocycles. The number of nitrogens with one attached hydrogen (secondary N) is 1. The molecule has 2 amide bonds. The molecule has 1 atom stereocenters. The zero-order chi connectivity index (χ0) is 27.7. The van der Waals surface area contributed by atoms with Crippen LogP contribution in [0.4, 0.5) is 14.5 Å². The van der Waals surface area contributed by atoms with Crippen molar-refractivity contribution in [2.75, 3.05) is 23.7 Å². The number of halogens is 2. The lowest BCUT2D eigenvalue weighted by Gasteiger charge is -2.33. The maximum Gasteiger partial charge on any atom is 0.244 e. The molecular formula is C28H31F2N3O4S. The van der Waals surface area contributed by atoms with Crippen LogP contribution < -0.4 is 9.62 Å². The van der Waals surface area contributed by atoms with Crippen molar-refractivity contribution in [1.82, 2.24) is 10.2 Å². The van der Waals surface area contributed by atoms with Gasteiger partial charge in [0.15, 0.2) is 0 Å². The third kappa shape index (κ3) is 8.11. The summed E-state index contributed by atoms with van der Waals surface area (Å²) in [6.07, 6.45) is 1.81. The lowest BCUT2D eigenvalue weighted by atomic mass is 10.0. The van der Waals surface area contributed by atoms with Gasteiger partial charge < -0.3 is 10.2 Å². The van der Waals surface area contributed by atoms with Crippen molar-refractivity contribution in [2.45, 2.75) is 32.4 Å². The lowest BCUT2D eigenvalue weighted by molar-refractivity contribution is -0.140. The van der Waals surface area contributed by atoms with Gasteiger partial charge in [-0.2, -0.15) is 0 Å². The van der Waals surface area contributed by atoms with Crippen molar-refractivity contribution in [2.24, 2.45) is 0 Å². The van der Waals surface area contributed by atoms with Gasteiger partial charge in [-0.1, -0.05) is 49.4 Å². The standard InChI is InChI=1S/C28H31F2N3O4S/c1-3-17-31-28(35)26(18-21-7-5-4-6-8-21)32(19-22-9-11-23(29)12-10-22)27(34)20-33(38(2,36)37)25-15-13-24(30)14-16-25/h4-16,26H,3,17-20H2,1-2H3,(H,31,35)/t26-/m0/s1. The molecule has 0 radical (unpaired) electrons. The van der Waals surface area contributed by atoms with Crippen molar-refractivity contribution < 1.29 is 26.8 Å². The highest BCUT2D eigenvalue weighted by Gasteiger charge is 2.32. The van der Waals surface area contributed by atoms with Crippen LogP contribution in [0.5, 0.6) is 0 Å². The number of anilines is 1. The van der Waals surface area contributed by atoms with Crippen molar-refractivity contribution >= 4 is 27.5 Å². The summed E-state index contributed by atoms with van der Waals surface area (Å²) < 4.78 is 53.2. The topological polar surface area (TPSA) is 86.8 Å². The SMILES string of the molecule is CCCNC(=O)[C@H](Cc1ccccc1)N(Cc1ccc(F)cc1)C(=O)CN(c1ccc(F)cc1)S(C)(=O)=O. The van der Waals surface area contributed by atoms with Gasteiger partial charge in [-0.15, -0.1) is 0 Å². The molecule has 202 valence electrons. The third-order valence-corrected chi connectivity index (χ3v) is 7.02. The molecule has 0 saturated heterocycles. The van der Waals surface area contributed by atoms with Crippen LogP contribution in [0, 0.1) is 11.6 Å². The number of nitrogens with zero attached hydrogens (tertiary/aromatic N) is 2. The van der Waals surface area contributed by atoms with Crippen LogP contribution in [0.15, 0.2) is 78.9 Å². The number of hydrogen-bond acceptors (Lipinski definition) is 4. The van der Waals surface area contributed by atoms with Gasteiger partial charge in [0.2, 0.25) is 21.8 Å². The number of rotatable bonds is 12. The molecule has 0 bridgehead atoms. The Morgan fingerprint density at radius 3 is 2.00 bits per heavy atom. The summed E-state index contributed by atoms with van der Waals surface area (Å²) in [7, 11) is -3.94. The Morgan fingerprint density at radius 1 is 0.868 bits per heavy atom. The number of benzene rings is 3. The van der Waals surface area contributed by atoms with E-state index in [4.69, 9.17) is 0 Å². The normalized spacial score (nSPS) is 12.0. The Labute approximate surface area is 222 Å². The van der Waals surface area contributed by atoms with Gasteiger partial charge in [-0.3, -0.25) is 13.9 Å². The smallest absolute Gasteiger partial charge is 0.244 e. The fourth-order valence-corrected chi connectivity index (χ4v) is 4.78. The van der Waals surface area contributed by atoms with Crippen molar-refractivity contribution in [3.05, 3.63) is 102 Å². The zero-order valence-corrected chi connectivity index (χ0v) is 22.1. The fourth-order valence-electron chi connectivity index (χ4n) is 3.93. The number of sulfonamides is 1. The Morgan fingerprint density at radius 2 is 1.45 bits per heavy atom. The monoisotopic (exact) mass is 543 g/mol. The summed E-state index contributed by atoms with van der Waals surface area (Å²) in [5.74, 6) is -2.04. The second kappa shape index (κ2) is 13.1. The second-order valence-electron chi connectivity index (χ2n) is 8.89. The first-order valence-electron chi connectivity index (χ1n) is 12.2. The molecule has 0 aliphatic carbocycles. The van der Waals surface area contributed by atoms with E-state index in [0.29, 0.717) is 18.5 Å². The maximum absolute atomic E-state index is 13.8. The average molecular weight is 544 g/mol. The molecule has 0 spiro atoms. The highest BCUT2D eigenvalue weighted by molar-refractivity contribution is 7.92. The minimum absolute atomic E-state index is 0.0584. The predicted molar refractivity (Wildman–Crippen MR) is 143 cm³/mol. The molecule has 3 rings (SSSR count). The number of amides is 2.